The van der Waals surface area contributed by atoms with Crippen molar-refractivity contribution in [2.75, 3.05) is 12.9 Å². The Hall–Kier alpha value is -4.28. The number of azo groups is 1. The highest BCUT2D eigenvalue weighted by Crippen LogP contribution is 2.32. The van der Waals surface area contributed by atoms with E-state index in [9.17, 15) is 14.7 Å². The Morgan fingerprint density at radius 2 is 1.82 bits per heavy atom. The second kappa shape index (κ2) is 11.8. The number of hydrogen-bond acceptors (Lipinski definition) is 9. The molecule has 1 atom stereocenters. The van der Waals surface area contributed by atoms with Gasteiger partial charge in [0.15, 0.2) is 4.80 Å². The monoisotopic (exact) mass is 570 g/mol. The van der Waals surface area contributed by atoms with E-state index in [1.807, 2.05) is 60.9 Å². The molecule has 0 bridgehead atoms. The number of nitrogens with zero attached hydrogens (tertiary/aromatic N) is 4. The zero-order valence-corrected chi connectivity index (χ0v) is 23.7. The molecule has 0 unspecified atom stereocenters. The maximum atomic E-state index is 13.8. The van der Waals surface area contributed by atoms with Crippen molar-refractivity contribution < 1.29 is 14.6 Å². The predicted molar refractivity (Wildman–Crippen MR) is 157 cm³/mol. The van der Waals surface area contributed by atoms with E-state index >= 15 is 0 Å². The van der Waals surface area contributed by atoms with E-state index in [1.165, 1.54) is 22.0 Å². The van der Waals surface area contributed by atoms with Crippen LogP contribution in [0.3, 0.4) is 0 Å². The van der Waals surface area contributed by atoms with Gasteiger partial charge in [0.1, 0.15) is 5.75 Å². The molecule has 1 aromatic heterocycles. The third-order valence-corrected chi connectivity index (χ3v) is 8.01. The van der Waals surface area contributed by atoms with Crippen molar-refractivity contribution >= 4 is 46.5 Å². The van der Waals surface area contributed by atoms with Gasteiger partial charge < -0.3 is 9.84 Å². The number of aromatic hydroxyl groups is 1. The maximum Gasteiger partial charge on any atom is 0.338 e. The van der Waals surface area contributed by atoms with Gasteiger partial charge in [-0.1, -0.05) is 41.7 Å². The molecule has 1 aliphatic rings. The van der Waals surface area contributed by atoms with Crippen LogP contribution in [-0.4, -0.2) is 28.5 Å². The second-order valence-corrected chi connectivity index (χ2v) is 10.7. The Kier molecular flexibility index (Phi) is 8.09. The highest BCUT2D eigenvalue weighted by molar-refractivity contribution is 7.98. The summed E-state index contributed by atoms with van der Waals surface area (Å²) in [6.45, 7) is 3.69. The normalized spacial score (nSPS) is 15.3. The van der Waals surface area contributed by atoms with E-state index in [0.717, 1.165) is 10.5 Å². The lowest BCUT2D eigenvalue weighted by molar-refractivity contribution is -0.139. The van der Waals surface area contributed by atoms with E-state index in [4.69, 9.17) is 4.74 Å². The van der Waals surface area contributed by atoms with Gasteiger partial charge >= 0.3 is 5.97 Å². The van der Waals surface area contributed by atoms with Crippen LogP contribution >= 0.6 is 23.1 Å². The molecule has 4 aromatic rings. The first-order chi connectivity index (χ1) is 19.4. The number of allylic oxidation sites excluding steroid dienone is 1. The van der Waals surface area contributed by atoms with Gasteiger partial charge in [0.2, 0.25) is 0 Å². The summed E-state index contributed by atoms with van der Waals surface area (Å²) >= 11 is 2.80. The van der Waals surface area contributed by atoms with Crippen LogP contribution in [0.5, 0.6) is 5.75 Å². The molecule has 8 nitrogen and oxygen atoms in total. The van der Waals surface area contributed by atoms with Crippen molar-refractivity contribution in [1.29, 1.82) is 0 Å². The summed E-state index contributed by atoms with van der Waals surface area (Å²) in [5.74, 6) is -0.511. The number of phenols is 1. The van der Waals surface area contributed by atoms with Crippen molar-refractivity contribution in [3.05, 3.63) is 115 Å². The lowest BCUT2D eigenvalue weighted by atomic mass is 9.96. The molecule has 2 heterocycles. The quantitative estimate of drug-likeness (QED) is 0.176. The molecule has 0 aliphatic carbocycles. The number of hydrogen-bond donors (Lipinski definition) is 1. The Morgan fingerprint density at radius 3 is 2.52 bits per heavy atom. The number of esters is 1. The molecule has 5 rings (SSSR count). The molecule has 0 fully saturated rings. The average molecular weight is 571 g/mol. The fraction of sp³-hybridized carbons (Fsp3) is 0.167. The number of fused-ring (bicyclic) bond motifs is 1. The molecule has 40 heavy (non-hydrogen) atoms. The lowest BCUT2D eigenvalue weighted by Crippen LogP contribution is -2.39. The SMILES string of the molecule is CCOC(=O)C1=C(C)N=c2s/c(=C\c3cc(N=Nc4ccccc4)ccc3O)c(=O)n2[C@@H]1c1ccc(SC)cc1. The minimum atomic E-state index is -0.701. The largest absolute Gasteiger partial charge is 0.507 e. The molecule has 0 spiro atoms. The average Bonchev–Trinajstić information content (AvgIpc) is 3.27. The number of ether oxygens (including phenoxy) is 1. The zero-order valence-electron chi connectivity index (χ0n) is 22.1. The predicted octanol–water partition coefficient (Wildman–Crippen LogP) is 5.64. The number of carbonyl (C=O) groups excluding carboxylic acids is 1. The van der Waals surface area contributed by atoms with Gasteiger partial charge in [-0.3, -0.25) is 9.36 Å². The smallest absolute Gasteiger partial charge is 0.338 e. The first-order valence-electron chi connectivity index (χ1n) is 12.5. The second-order valence-electron chi connectivity index (χ2n) is 8.85. The summed E-state index contributed by atoms with van der Waals surface area (Å²) in [6, 6.07) is 21.2. The Balaban J connectivity index is 1.62. The van der Waals surface area contributed by atoms with Crippen molar-refractivity contribution in [3.63, 3.8) is 0 Å². The standard InChI is InChI=1S/C30H26N4O4S2/c1-4-38-29(37)26-18(2)31-30-34(27(26)19-10-13-23(39-3)14-11-19)28(36)25(40-30)17-20-16-22(12-15-24(20)35)33-32-21-8-6-5-7-9-21/h5-17,27,35H,4H2,1-3H3/b25-17-,33-32?/t27-/m1/s1. The van der Waals surface area contributed by atoms with Gasteiger partial charge in [0, 0.05) is 10.5 Å². The van der Waals surface area contributed by atoms with Crippen LogP contribution in [0.2, 0.25) is 0 Å². The number of rotatable bonds is 7. The summed E-state index contributed by atoms with van der Waals surface area (Å²) in [6.07, 6.45) is 3.59. The summed E-state index contributed by atoms with van der Waals surface area (Å²) in [5.41, 5.74) is 2.90. The Morgan fingerprint density at radius 1 is 1.10 bits per heavy atom. The van der Waals surface area contributed by atoms with Crippen molar-refractivity contribution in [2.45, 2.75) is 24.8 Å². The number of aromatic nitrogens is 1. The van der Waals surface area contributed by atoms with Crippen LogP contribution in [0.15, 0.2) is 109 Å². The van der Waals surface area contributed by atoms with Gasteiger partial charge in [-0.2, -0.15) is 10.2 Å². The molecule has 0 radical (unpaired) electrons. The molecule has 0 saturated heterocycles. The van der Waals surface area contributed by atoms with Crippen molar-refractivity contribution in [3.8, 4) is 5.75 Å². The van der Waals surface area contributed by atoms with Gasteiger partial charge in [-0.15, -0.1) is 11.8 Å². The molecule has 10 heteroatoms. The van der Waals surface area contributed by atoms with Crippen LogP contribution in [0, 0.1) is 0 Å². The minimum Gasteiger partial charge on any atom is -0.507 e. The first-order valence-corrected chi connectivity index (χ1v) is 14.6. The highest BCUT2D eigenvalue weighted by Gasteiger charge is 2.33. The number of phenolic OH excluding ortho intramolecular Hbond substituents is 1. The summed E-state index contributed by atoms with van der Waals surface area (Å²) in [5, 5.41) is 19.1. The van der Waals surface area contributed by atoms with Crippen LogP contribution in [-0.2, 0) is 9.53 Å². The van der Waals surface area contributed by atoms with E-state index in [-0.39, 0.29) is 17.9 Å². The van der Waals surface area contributed by atoms with Gasteiger partial charge in [0.25, 0.3) is 5.56 Å². The summed E-state index contributed by atoms with van der Waals surface area (Å²) < 4.78 is 7.24. The fourth-order valence-corrected chi connectivity index (χ4v) is 5.81. The minimum absolute atomic E-state index is 0.00269. The van der Waals surface area contributed by atoms with Gasteiger partial charge in [-0.25, -0.2) is 9.79 Å². The third-order valence-electron chi connectivity index (χ3n) is 6.28. The Bertz CT molecular complexity index is 1810. The zero-order chi connectivity index (χ0) is 28.2. The summed E-state index contributed by atoms with van der Waals surface area (Å²) in [4.78, 5) is 33.0. The van der Waals surface area contributed by atoms with Gasteiger partial charge in [-0.05, 0) is 74.2 Å². The highest BCUT2D eigenvalue weighted by atomic mass is 32.2. The third kappa shape index (κ3) is 5.54. The van der Waals surface area contributed by atoms with Crippen LogP contribution in [0.25, 0.3) is 6.08 Å². The van der Waals surface area contributed by atoms with Crippen LogP contribution in [0.4, 0.5) is 11.4 Å². The van der Waals surface area contributed by atoms with Crippen LogP contribution in [0.1, 0.15) is 31.0 Å². The summed E-state index contributed by atoms with van der Waals surface area (Å²) in [7, 11) is 0. The number of benzene rings is 3. The van der Waals surface area contributed by atoms with E-state index in [0.29, 0.717) is 37.5 Å². The van der Waals surface area contributed by atoms with Gasteiger partial charge in [0.05, 0.1) is 39.8 Å². The topological polar surface area (TPSA) is 106 Å². The number of thiazole rings is 1. The van der Waals surface area contributed by atoms with E-state index < -0.39 is 12.0 Å². The number of carbonyl (C=O) groups is 1. The molecular formula is C30H26N4O4S2. The Labute approximate surface area is 238 Å². The molecular weight excluding hydrogens is 544 g/mol. The molecule has 202 valence electrons. The van der Waals surface area contributed by atoms with E-state index in [2.05, 4.69) is 15.2 Å². The first kappa shape index (κ1) is 27.3. The fourth-order valence-electron chi connectivity index (χ4n) is 4.36. The molecule has 3 aromatic carbocycles. The number of thioether (sulfide) groups is 1. The van der Waals surface area contributed by atoms with Crippen molar-refractivity contribution in [1.82, 2.24) is 4.57 Å². The lowest BCUT2D eigenvalue weighted by Gasteiger charge is -2.24. The molecule has 0 saturated carbocycles. The van der Waals surface area contributed by atoms with E-state index in [1.54, 1.807) is 43.8 Å². The molecule has 0 amide bonds. The maximum absolute atomic E-state index is 13.8. The molecule has 1 N–H and O–H groups in total. The van der Waals surface area contributed by atoms with Crippen LogP contribution < -0.4 is 14.9 Å². The van der Waals surface area contributed by atoms with Crippen molar-refractivity contribution in [2.24, 2.45) is 15.2 Å². The molecule has 1 aliphatic heterocycles.